The lowest BCUT2D eigenvalue weighted by Crippen LogP contribution is -2.33. The van der Waals surface area contributed by atoms with Crippen molar-refractivity contribution < 1.29 is 13.2 Å². The van der Waals surface area contributed by atoms with Crippen molar-refractivity contribution in [2.24, 2.45) is 0 Å². The number of sulfone groups is 1. The van der Waals surface area contributed by atoms with Crippen LogP contribution in [0.15, 0.2) is 18.2 Å². The molecule has 4 nitrogen and oxygen atoms in total. The minimum atomic E-state index is -2.88. The molecule has 2 unspecified atom stereocenters. The molecule has 0 spiro atoms. The van der Waals surface area contributed by atoms with Crippen LogP contribution in [0.1, 0.15) is 42.9 Å². The van der Waals surface area contributed by atoms with Crippen LogP contribution in [0.5, 0.6) is 5.75 Å². The van der Waals surface area contributed by atoms with Gasteiger partial charge in [0.15, 0.2) is 9.84 Å². The Kier molecular flexibility index (Phi) is 4.22. The van der Waals surface area contributed by atoms with Crippen molar-refractivity contribution in [3.05, 3.63) is 29.3 Å². The number of hydrogen-bond acceptors (Lipinski definition) is 4. The van der Waals surface area contributed by atoms with Crippen molar-refractivity contribution in [1.29, 1.82) is 0 Å². The third-order valence-corrected chi connectivity index (χ3v) is 6.83. The fourth-order valence-corrected chi connectivity index (χ4v) is 5.12. The molecule has 1 N–H and O–H groups in total. The summed E-state index contributed by atoms with van der Waals surface area (Å²) < 4.78 is 29.7. The van der Waals surface area contributed by atoms with Crippen molar-refractivity contribution in [3.63, 3.8) is 0 Å². The summed E-state index contributed by atoms with van der Waals surface area (Å²) in [6, 6.07) is 6.39. The van der Waals surface area contributed by atoms with Crippen LogP contribution in [0, 0.1) is 6.92 Å². The smallest absolute Gasteiger partial charge is 0.154 e. The number of hydrogen-bond donors (Lipinski definition) is 1. The predicted molar refractivity (Wildman–Crippen MR) is 83.5 cm³/mol. The van der Waals surface area contributed by atoms with Gasteiger partial charge in [0.1, 0.15) is 5.75 Å². The Morgan fingerprint density at radius 2 is 2.14 bits per heavy atom. The molecule has 0 aromatic heterocycles. The molecule has 1 saturated heterocycles. The first-order chi connectivity index (χ1) is 10.1. The summed E-state index contributed by atoms with van der Waals surface area (Å²) in [6.45, 7) is 3.35. The molecule has 0 aliphatic carbocycles. The summed E-state index contributed by atoms with van der Waals surface area (Å²) in [5.41, 5.74) is 2.32. The molecule has 2 atom stereocenters. The van der Waals surface area contributed by atoms with Crippen LogP contribution in [0.2, 0.25) is 0 Å². The topological polar surface area (TPSA) is 55.4 Å². The van der Waals surface area contributed by atoms with Crippen molar-refractivity contribution in [2.75, 3.05) is 18.9 Å². The highest BCUT2D eigenvalue weighted by molar-refractivity contribution is 7.92. The lowest BCUT2D eigenvalue weighted by Gasteiger charge is -2.21. The summed E-state index contributed by atoms with van der Waals surface area (Å²) in [4.78, 5) is 0. The highest BCUT2D eigenvalue weighted by atomic mass is 32.2. The van der Waals surface area contributed by atoms with Gasteiger partial charge in [0, 0.05) is 18.2 Å². The van der Waals surface area contributed by atoms with Gasteiger partial charge in [0.25, 0.3) is 0 Å². The Balaban J connectivity index is 1.76. The zero-order chi connectivity index (χ0) is 14.9. The van der Waals surface area contributed by atoms with Crippen LogP contribution in [0.4, 0.5) is 0 Å². The zero-order valence-electron chi connectivity index (χ0n) is 12.5. The average Bonchev–Trinajstić information content (AvgIpc) is 2.67. The van der Waals surface area contributed by atoms with Crippen LogP contribution in [0.25, 0.3) is 0 Å². The van der Waals surface area contributed by atoms with Crippen molar-refractivity contribution >= 4 is 9.84 Å². The Bertz CT molecular complexity index is 612. The van der Waals surface area contributed by atoms with Gasteiger partial charge in [-0.05, 0) is 38.2 Å². The molecule has 3 rings (SSSR count). The van der Waals surface area contributed by atoms with E-state index in [0.29, 0.717) is 12.3 Å². The third-order valence-electron chi connectivity index (χ3n) is 4.56. The Morgan fingerprint density at radius 1 is 1.29 bits per heavy atom. The van der Waals surface area contributed by atoms with E-state index in [-0.39, 0.29) is 11.3 Å². The molecule has 2 aliphatic heterocycles. The van der Waals surface area contributed by atoms with Gasteiger partial charge in [0.05, 0.1) is 17.6 Å². The molecular weight excluding hydrogens is 286 g/mol. The maximum absolute atomic E-state index is 11.9. The largest absolute Gasteiger partial charge is 0.493 e. The van der Waals surface area contributed by atoms with E-state index in [9.17, 15) is 8.42 Å². The molecule has 1 aromatic rings. The van der Waals surface area contributed by atoms with Gasteiger partial charge in [-0.2, -0.15) is 0 Å². The summed E-state index contributed by atoms with van der Waals surface area (Å²) in [5, 5.41) is 3.27. The maximum Gasteiger partial charge on any atom is 0.154 e. The second-order valence-electron chi connectivity index (χ2n) is 6.08. The molecule has 1 fully saturated rings. The number of aryl methyl sites for hydroxylation is 1. The second-order valence-corrected chi connectivity index (χ2v) is 8.48. The second kappa shape index (κ2) is 5.97. The molecule has 2 heterocycles. The van der Waals surface area contributed by atoms with Gasteiger partial charge in [-0.15, -0.1) is 0 Å². The minimum absolute atomic E-state index is 0.193. The Labute approximate surface area is 126 Å². The lowest BCUT2D eigenvalue weighted by atomic mass is 9.99. The van der Waals surface area contributed by atoms with E-state index in [0.717, 1.165) is 43.6 Å². The standard InChI is InChI=1S/C16H23NO3S/c1-12-5-2-7-14-15(8-3-9-20-16(12)14)17-11-13-6-4-10-21(13,18)19/h2,5,7,13,15,17H,3-4,6,8-11H2,1H3. The maximum atomic E-state index is 11.9. The highest BCUT2D eigenvalue weighted by Gasteiger charge is 2.32. The Morgan fingerprint density at radius 3 is 2.90 bits per heavy atom. The molecule has 1 aromatic carbocycles. The summed E-state index contributed by atoms with van der Waals surface area (Å²) in [7, 11) is -2.88. The van der Waals surface area contributed by atoms with E-state index in [1.54, 1.807) is 0 Å². The van der Waals surface area contributed by atoms with Gasteiger partial charge in [-0.1, -0.05) is 18.2 Å². The molecule has 5 heteroatoms. The van der Waals surface area contributed by atoms with Crippen molar-refractivity contribution in [3.8, 4) is 5.75 Å². The van der Waals surface area contributed by atoms with Crippen LogP contribution in [0.3, 0.4) is 0 Å². The first kappa shape index (κ1) is 14.9. The molecule has 21 heavy (non-hydrogen) atoms. The normalized spacial score (nSPS) is 27.7. The van der Waals surface area contributed by atoms with E-state index in [2.05, 4.69) is 24.4 Å². The van der Waals surface area contributed by atoms with Crippen LogP contribution in [-0.4, -0.2) is 32.6 Å². The van der Waals surface area contributed by atoms with E-state index in [1.807, 2.05) is 6.07 Å². The fraction of sp³-hybridized carbons (Fsp3) is 0.625. The number of para-hydroxylation sites is 1. The first-order valence-electron chi connectivity index (χ1n) is 7.75. The summed E-state index contributed by atoms with van der Waals surface area (Å²) in [5.74, 6) is 1.32. The van der Waals surface area contributed by atoms with Gasteiger partial charge in [0.2, 0.25) is 0 Å². The summed E-state index contributed by atoms with van der Waals surface area (Å²) >= 11 is 0. The Hall–Kier alpha value is -1.07. The number of rotatable bonds is 3. The van der Waals surface area contributed by atoms with E-state index in [4.69, 9.17) is 4.74 Å². The van der Waals surface area contributed by atoms with Crippen molar-refractivity contribution in [2.45, 2.75) is 43.9 Å². The first-order valence-corrected chi connectivity index (χ1v) is 9.47. The molecule has 2 aliphatic rings. The minimum Gasteiger partial charge on any atom is -0.493 e. The molecule has 116 valence electrons. The number of benzene rings is 1. The molecule has 0 saturated carbocycles. The van der Waals surface area contributed by atoms with Crippen LogP contribution in [-0.2, 0) is 9.84 Å². The van der Waals surface area contributed by atoms with Gasteiger partial charge >= 0.3 is 0 Å². The van der Waals surface area contributed by atoms with E-state index < -0.39 is 9.84 Å². The predicted octanol–water partition coefficient (Wildman–Crippen LogP) is 2.38. The molecule has 0 bridgehead atoms. The highest BCUT2D eigenvalue weighted by Crippen LogP contribution is 2.34. The SMILES string of the molecule is Cc1cccc2c1OCCCC2NCC1CCCS1(=O)=O. The van der Waals surface area contributed by atoms with Gasteiger partial charge in [-0.25, -0.2) is 8.42 Å². The average molecular weight is 309 g/mol. The lowest BCUT2D eigenvalue weighted by molar-refractivity contribution is 0.313. The number of nitrogens with one attached hydrogen (secondary N) is 1. The fourth-order valence-electron chi connectivity index (χ4n) is 3.34. The van der Waals surface area contributed by atoms with Gasteiger partial charge in [-0.3, -0.25) is 0 Å². The monoisotopic (exact) mass is 309 g/mol. The third kappa shape index (κ3) is 3.09. The van der Waals surface area contributed by atoms with Gasteiger partial charge < -0.3 is 10.1 Å². The molecular formula is C16H23NO3S. The van der Waals surface area contributed by atoms with Crippen LogP contribution < -0.4 is 10.1 Å². The zero-order valence-corrected chi connectivity index (χ0v) is 13.3. The quantitative estimate of drug-likeness (QED) is 0.931. The number of fused-ring (bicyclic) bond motifs is 1. The number of ether oxygens (including phenoxy) is 1. The molecule has 0 amide bonds. The summed E-state index contributed by atoms with van der Waals surface area (Å²) in [6.07, 6.45) is 3.57. The van der Waals surface area contributed by atoms with E-state index >= 15 is 0 Å². The van der Waals surface area contributed by atoms with Crippen LogP contribution >= 0.6 is 0 Å². The molecule has 0 radical (unpaired) electrons. The van der Waals surface area contributed by atoms with Crippen molar-refractivity contribution in [1.82, 2.24) is 5.32 Å². The van der Waals surface area contributed by atoms with E-state index in [1.165, 1.54) is 5.56 Å².